The third-order valence-electron chi connectivity index (χ3n) is 1.80. The van der Waals surface area contributed by atoms with Gasteiger partial charge in [0.25, 0.3) is 0 Å². The molecule has 0 aromatic rings. The van der Waals surface area contributed by atoms with Crippen LogP contribution in [-0.2, 0) is 11.0 Å². The van der Waals surface area contributed by atoms with Crippen LogP contribution in [0.2, 0.25) is 0 Å². The number of hydrogen-bond donors (Lipinski definition) is 1. The van der Waals surface area contributed by atoms with E-state index < -0.39 is 11.0 Å². The van der Waals surface area contributed by atoms with E-state index in [4.69, 9.17) is 0 Å². The zero-order valence-corrected chi connectivity index (χ0v) is 7.82. The first-order valence-corrected chi connectivity index (χ1v) is 5.49. The Morgan fingerprint density at radius 1 is 1.45 bits per heavy atom. The Bertz CT molecular complexity index is 134. The predicted molar refractivity (Wildman–Crippen MR) is 47.5 cm³/mol. The van der Waals surface area contributed by atoms with E-state index in [0.29, 0.717) is 5.88 Å². The van der Waals surface area contributed by atoms with E-state index in [2.05, 4.69) is 9.62 Å². The third kappa shape index (κ3) is 3.31. The molecule has 1 saturated heterocycles. The predicted octanol–water partition coefficient (Wildman–Crippen LogP) is 0.313. The van der Waals surface area contributed by atoms with Gasteiger partial charge in [-0.2, -0.15) is 0 Å². The average molecular weight is 176 g/mol. The topological polar surface area (TPSA) is 32.3 Å². The molecule has 3 nitrogen and oxygen atoms in total. The lowest BCUT2D eigenvalue weighted by molar-refractivity contribution is 0.394. The van der Waals surface area contributed by atoms with Gasteiger partial charge in [0.1, 0.15) is 11.0 Å². The summed E-state index contributed by atoms with van der Waals surface area (Å²) in [6.45, 7) is 5.01. The Morgan fingerprint density at radius 3 is 2.64 bits per heavy atom. The highest BCUT2D eigenvalue weighted by Gasteiger charge is 2.13. The number of nitrogens with zero attached hydrogens (tertiary/aromatic N) is 1. The van der Waals surface area contributed by atoms with Gasteiger partial charge in [-0.05, 0) is 25.9 Å². The van der Waals surface area contributed by atoms with Gasteiger partial charge in [-0.1, -0.05) is 6.92 Å². The van der Waals surface area contributed by atoms with E-state index in [9.17, 15) is 4.21 Å². The first kappa shape index (κ1) is 9.16. The highest BCUT2D eigenvalue weighted by molar-refractivity contribution is 7.82. The molecule has 0 spiro atoms. The van der Waals surface area contributed by atoms with Crippen molar-refractivity contribution in [3.8, 4) is 0 Å². The lowest BCUT2D eigenvalue weighted by Crippen LogP contribution is -2.30. The van der Waals surface area contributed by atoms with Gasteiger partial charge in [0.2, 0.25) is 0 Å². The summed E-state index contributed by atoms with van der Waals surface area (Å²) in [6.07, 6.45) is 2.53. The van der Waals surface area contributed by atoms with Gasteiger partial charge < -0.3 is 0 Å². The highest BCUT2D eigenvalue weighted by Crippen LogP contribution is 2.06. The van der Waals surface area contributed by atoms with Crippen molar-refractivity contribution < 1.29 is 4.21 Å². The molecule has 0 aromatic heterocycles. The van der Waals surface area contributed by atoms with E-state index in [1.54, 1.807) is 0 Å². The van der Waals surface area contributed by atoms with E-state index in [1.165, 1.54) is 12.8 Å². The Kier molecular flexibility index (Phi) is 4.04. The second-order valence-corrected chi connectivity index (χ2v) is 4.04. The van der Waals surface area contributed by atoms with Crippen molar-refractivity contribution in [2.75, 3.05) is 25.5 Å². The van der Waals surface area contributed by atoms with Gasteiger partial charge >= 0.3 is 0 Å². The Labute approximate surface area is 70.7 Å². The van der Waals surface area contributed by atoms with Gasteiger partial charge in [0, 0.05) is 6.54 Å². The number of hydrogen-bond acceptors (Lipinski definition) is 2. The first-order valence-electron chi connectivity index (χ1n) is 4.17. The molecule has 1 unspecified atom stereocenters. The molecule has 1 rings (SSSR count). The molecule has 0 amide bonds. The Balaban J connectivity index is 2.13. The quantitative estimate of drug-likeness (QED) is 0.669. The van der Waals surface area contributed by atoms with Crippen LogP contribution >= 0.6 is 0 Å². The molecule has 1 aliphatic rings. The van der Waals surface area contributed by atoms with Crippen molar-refractivity contribution in [3.63, 3.8) is 0 Å². The highest BCUT2D eigenvalue weighted by atomic mass is 32.2. The molecule has 1 fully saturated rings. The van der Waals surface area contributed by atoms with Crippen molar-refractivity contribution in [1.82, 2.24) is 9.62 Å². The minimum Gasteiger partial charge on any atom is -0.291 e. The summed E-state index contributed by atoms with van der Waals surface area (Å²) >= 11 is 0. The van der Waals surface area contributed by atoms with E-state index in [1.807, 2.05) is 6.92 Å². The molecule has 0 saturated carbocycles. The van der Waals surface area contributed by atoms with Crippen LogP contribution < -0.4 is 4.72 Å². The minimum absolute atomic E-state index is 0.702. The van der Waals surface area contributed by atoms with Crippen LogP contribution in [0.4, 0.5) is 0 Å². The molecule has 0 radical (unpaired) electrons. The smallest absolute Gasteiger partial charge is 0.106 e. The molecule has 66 valence electrons. The zero-order chi connectivity index (χ0) is 8.10. The fourth-order valence-electron chi connectivity index (χ4n) is 1.28. The monoisotopic (exact) mass is 176 g/mol. The Hall–Kier alpha value is 0.0700. The van der Waals surface area contributed by atoms with Gasteiger partial charge in [-0.25, -0.2) is 8.93 Å². The SMILES string of the molecule is CCNS(=O)CN1CCCC1. The second kappa shape index (κ2) is 4.85. The maximum Gasteiger partial charge on any atom is 0.106 e. The van der Waals surface area contributed by atoms with Crippen molar-refractivity contribution in [2.45, 2.75) is 19.8 Å². The molecule has 1 heterocycles. The van der Waals surface area contributed by atoms with Gasteiger partial charge in [-0.15, -0.1) is 0 Å². The molecular formula is C7H16N2OS. The van der Waals surface area contributed by atoms with E-state index >= 15 is 0 Å². The maximum absolute atomic E-state index is 11.2. The third-order valence-corrected chi connectivity index (χ3v) is 3.01. The first-order chi connectivity index (χ1) is 5.33. The number of likely N-dealkylation sites (tertiary alicyclic amines) is 1. The second-order valence-electron chi connectivity index (χ2n) is 2.80. The summed E-state index contributed by atoms with van der Waals surface area (Å²) < 4.78 is 14.1. The van der Waals surface area contributed by atoms with Crippen LogP contribution in [0.1, 0.15) is 19.8 Å². The van der Waals surface area contributed by atoms with Crippen molar-refractivity contribution in [2.24, 2.45) is 0 Å². The van der Waals surface area contributed by atoms with E-state index in [0.717, 1.165) is 19.6 Å². The normalized spacial score (nSPS) is 22.3. The van der Waals surface area contributed by atoms with Crippen molar-refractivity contribution in [3.05, 3.63) is 0 Å². The average Bonchev–Trinajstić information content (AvgIpc) is 2.40. The number of nitrogens with one attached hydrogen (secondary N) is 1. The summed E-state index contributed by atoms with van der Waals surface area (Å²) in [5.74, 6) is 0.702. The van der Waals surface area contributed by atoms with E-state index in [-0.39, 0.29) is 0 Å². The van der Waals surface area contributed by atoms with Crippen molar-refractivity contribution in [1.29, 1.82) is 0 Å². The largest absolute Gasteiger partial charge is 0.291 e. The van der Waals surface area contributed by atoms with Crippen LogP contribution in [0.5, 0.6) is 0 Å². The fourth-order valence-corrected chi connectivity index (χ4v) is 2.29. The summed E-state index contributed by atoms with van der Waals surface area (Å²) in [7, 11) is -0.834. The maximum atomic E-state index is 11.2. The molecule has 1 N–H and O–H groups in total. The van der Waals surface area contributed by atoms with Crippen LogP contribution in [0.15, 0.2) is 0 Å². The summed E-state index contributed by atoms with van der Waals surface area (Å²) in [5.41, 5.74) is 0. The molecular weight excluding hydrogens is 160 g/mol. The lowest BCUT2D eigenvalue weighted by Gasteiger charge is -2.13. The molecule has 11 heavy (non-hydrogen) atoms. The zero-order valence-electron chi connectivity index (χ0n) is 7.01. The minimum atomic E-state index is -0.834. The van der Waals surface area contributed by atoms with Gasteiger partial charge in [0.15, 0.2) is 0 Å². The van der Waals surface area contributed by atoms with Crippen molar-refractivity contribution >= 4 is 11.0 Å². The standard InChI is InChI=1S/C7H16N2OS/c1-2-8-11(10)7-9-5-3-4-6-9/h8H,2-7H2,1H3. The van der Waals surface area contributed by atoms with Gasteiger partial charge in [-0.3, -0.25) is 4.90 Å². The summed E-state index contributed by atoms with van der Waals surface area (Å²) in [6, 6.07) is 0. The fraction of sp³-hybridized carbons (Fsp3) is 1.00. The Morgan fingerprint density at radius 2 is 2.09 bits per heavy atom. The number of rotatable bonds is 4. The lowest BCUT2D eigenvalue weighted by atomic mass is 10.4. The van der Waals surface area contributed by atoms with Crippen LogP contribution in [0.3, 0.4) is 0 Å². The molecule has 0 bridgehead atoms. The van der Waals surface area contributed by atoms with Crippen LogP contribution in [0.25, 0.3) is 0 Å². The van der Waals surface area contributed by atoms with Gasteiger partial charge in [0.05, 0.1) is 5.88 Å². The van der Waals surface area contributed by atoms with Crippen LogP contribution in [0, 0.1) is 0 Å². The molecule has 0 aliphatic carbocycles. The molecule has 1 atom stereocenters. The molecule has 0 aromatic carbocycles. The molecule has 1 aliphatic heterocycles. The summed E-state index contributed by atoms with van der Waals surface area (Å²) in [4.78, 5) is 2.25. The van der Waals surface area contributed by atoms with Crippen LogP contribution in [-0.4, -0.2) is 34.6 Å². The summed E-state index contributed by atoms with van der Waals surface area (Å²) in [5, 5.41) is 0. The molecule has 4 heteroatoms.